The molecule has 0 spiro atoms. The quantitative estimate of drug-likeness (QED) is 0.261. The number of para-hydroxylation sites is 2. The molecule has 1 aliphatic heterocycles. The summed E-state index contributed by atoms with van der Waals surface area (Å²) in [6.07, 6.45) is 1.11. The van der Waals surface area contributed by atoms with E-state index < -0.39 is 0 Å². The van der Waals surface area contributed by atoms with Gasteiger partial charge in [0.1, 0.15) is 12.4 Å². The molecule has 0 unspecified atom stereocenters. The van der Waals surface area contributed by atoms with E-state index in [1.165, 1.54) is 0 Å². The van der Waals surface area contributed by atoms with Gasteiger partial charge < -0.3 is 24.8 Å². The van der Waals surface area contributed by atoms with Crippen molar-refractivity contribution in [2.75, 3.05) is 24.9 Å². The number of hydrogen-bond donors (Lipinski definition) is 2. The van der Waals surface area contributed by atoms with E-state index in [-0.39, 0.29) is 17.7 Å². The molecule has 40 heavy (non-hydrogen) atoms. The number of allylic oxidation sites excluding steroid dienone is 1. The number of hydrogen-bond acceptors (Lipinski definition) is 6. The fourth-order valence-corrected chi connectivity index (χ4v) is 5.61. The van der Waals surface area contributed by atoms with Gasteiger partial charge in [-0.3, -0.25) is 4.79 Å². The summed E-state index contributed by atoms with van der Waals surface area (Å²) in [7, 11) is 3.26. The number of carbonyl (C=O) groups excluding carboxylic acids is 1. The molecule has 1 aliphatic carbocycles. The highest BCUT2D eigenvalue weighted by Gasteiger charge is 2.36. The maximum atomic E-state index is 13.9. The average molecular weight is 533 g/mol. The van der Waals surface area contributed by atoms with Crippen LogP contribution in [0.1, 0.15) is 41.5 Å². The monoisotopic (exact) mass is 532 g/mol. The van der Waals surface area contributed by atoms with Crippen LogP contribution in [0.5, 0.6) is 17.2 Å². The summed E-state index contributed by atoms with van der Waals surface area (Å²) in [6, 6.07) is 31.8. The van der Waals surface area contributed by atoms with E-state index in [2.05, 4.69) is 16.7 Å². The van der Waals surface area contributed by atoms with Crippen molar-refractivity contribution in [1.29, 1.82) is 0 Å². The molecule has 0 saturated heterocycles. The molecular formula is C34H32N2O4. The Morgan fingerprint density at radius 1 is 0.750 bits per heavy atom. The Labute approximate surface area is 234 Å². The second-order valence-electron chi connectivity index (χ2n) is 10.1. The second-order valence-corrected chi connectivity index (χ2v) is 10.1. The summed E-state index contributed by atoms with van der Waals surface area (Å²) in [4.78, 5) is 13.9. The maximum Gasteiger partial charge on any atom is 0.163 e. The van der Waals surface area contributed by atoms with Crippen LogP contribution in [0.2, 0.25) is 0 Å². The first-order valence-corrected chi connectivity index (χ1v) is 13.5. The number of carbonyl (C=O) groups is 1. The Kier molecular flexibility index (Phi) is 7.15. The molecule has 0 aromatic heterocycles. The smallest absolute Gasteiger partial charge is 0.163 e. The number of fused-ring (bicyclic) bond motifs is 1. The Bertz CT molecular complexity index is 1560. The molecule has 0 radical (unpaired) electrons. The van der Waals surface area contributed by atoms with Gasteiger partial charge in [0.05, 0.1) is 31.6 Å². The molecule has 2 N–H and O–H groups in total. The minimum atomic E-state index is -0.315. The number of methoxy groups -OCH3 is 2. The average Bonchev–Trinajstić information content (AvgIpc) is 3.17. The van der Waals surface area contributed by atoms with Crippen molar-refractivity contribution < 1.29 is 19.0 Å². The van der Waals surface area contributed by atoms with Crippen molar-refractivity contribution in [3.05, 3.63) is 125 Å². The highest BCUT2D eigenvalue weighted by atomic mass is 16.5. The minimum absolute atomic E-state index is 0.0185. The van der Waals surface area contributed by atoms with Gasteiger partial charge in [0.15, 0.2) is 17.3 Å². The fraction of sp³-hybridized carbons (Fsp3) is 0.206. The van der Waals surface area contributed by atoms with Crippen LogP contribution < -0.4 is 24.8 Å². The van der Waals surface area contributed by atoms with Gasteiger partial charge in [-0.1, -0.05) is 60.7 Å². The molecule has 202 valence electrons. The van der Waals surface area contributed by atoms with Crippen LogP contribution in [-0.2, 0) is 11.4 Å². The van der Waals surface area contributed by atoms with Crippen LogP contribution in [0.4, 0.5) is 11.4 Å². The first-order chi connectivity index (χ1) is 19.6. The van der Waals surface area contributed by atoms with E-state index in [4.69, 9.17) is 14.2 Å². The van der Waals surface area contributed by atoms with Crippen molar-refractivity contribution >= 4 is 17.2 Å². The molecule has 2 aliphatic rings. The molecule has 0 amide bonds. The summed E-state index contributed by atoms with van der Waals surface area (Å²) < 4.78 is 17.1. The highest BCUT2D eigenvalue weighted by molar-refractivity contribution is 6.01. The van der Waals surface area contributed by atoms with Gasteiger partial charge in [0, 0.05) is 17.7 Å². The normalized spacial score (nSPS) is 18.0. The zero-order valence-electron chi connectivity index (χ0n) is 22.6. The number of rotatable bonds is 7. The molecule has 6 nitrogen and oxygen atoms in total. The van der Waals surface area contributed by atoms with E-state index in [0.29, 0.717) is 30.9 Å². The van der Waals surface area contributed by atoms with Gasteiger partial charge in [-0.25, -0.2) is 0 Å². The van der Waals surface area contributed by atoms with Crippen LogP contribution in [0.3, 0.4) is 0 Å². The van der Waals surface area contributed by atoms with Crippen molar-refractivity contribution in [3.8, 4) is 17.2 Å². The molecule has 4 aromatic rings. The zero-order valence-corrected chi connectivity index (χ0v) is 22.6. The molecule has 6 rings (SSSR count). The number of benzene rings is 4. The molecule has 0 fully saturated rings. The number of anilines is 2. The number of Topliss-reactive ketones (excluding diaryl/α,β-unsaturated/α-hetero) is 1. The zero-order chi connectivity index (χ0) is 27.5. The summed E-state index contributed by atoms with van der Waals surface area (Å²) in [5.41, 5.74) is 6.75. The molecule has 2 atom stereocenters. The predicted molar refractivity (Wildman–Crippen MR) is 157 cm³/mol. The van der Waals surface area contributed by atoms with Crippen LogP contribution >= 0.6 is 0 Å². The lowest BCUT2D eigenvalue weighted by Crippen LogP contribution is -2.27. The molecule has 0 bridgehead atoms. The fourth-order valence-electron chi connectivity index (χ4n) is 5.61. The molecule has 0 saturated carbocycles. The lowest BCUT2D eigenvalue weighted by Gasteiger charge is -2.30. The minimum Gasteiger partial charge on any atom is -0.493 e. The predicted octanol–water partition coefficient (Wildman–Crippen LogP) is 7.26. The number of nitrogens with one attached hydrogen (secondary N) is 2. The summed E-state index contributed by atoms with van der Waals surface area (Å²) in [5.74, 6) is 2.24. The Morgan fingerprint density at radius 3 is 2.33 bits per heavy atom. The Morgan fingerprint density at radius 2 is 1.52 bits per heavy atom. The summed E-state index contributed by atoms with van der Waals surface area (Å²) >= 11 is 0. The van der Waals surface area contributed by atoms with Gasteiger partial charge in [-0.15, -0.1) is 0 Å². The van der Waals surface area contributed by atoms with Gasteiger partial charge in [-0.2, -0.15) is 0 Å². The van der Waals surface area contributed by atoms with E-state index in [0.717, 1.165) is 45.1 Å². The van der Waals surface area contributed by atoms with Crippen LogP contribution in [0.15, 0.2) is 108 Å². The van der Waals surface area contributed by atoms with Crippen molar-refractivity contribution in [3.63, 3.8) is 0 Å². The van der Waals surface area contributed by atoms with E-state index >= 15 is 0 Å². The van der Waals surface area contributed by atoms with Crippen molar-refractivity contribution in [1.82, 2.24) is 0 Å². The van der Waals surface area contributed by atoms with E-state index in [9.17, 15) is 4.79 Å². The molecule has 1 heterocycles. The van der Waals surface area contributed by atoms with Gasteiger partial charge in [0.2, 0.25) is 0 Å². The van der Waals surface area contributed by atoms with Gasteiger partial charge in [0.25, 0.3) is 0 Å². The Hall–Kier alpha value is -4.71. The summed E-state index contributed by atoms with van der Waals surface area (Å²) in [5, 5.41) is 7.27. The third-order valence-electron chi connectivity index (χ3n) is 7.63. The standard InChI is InChI=1S/C34H32N2O4/c1-38-31-16-15-23(20-32(31)39-2)25-18-29-33(30(37)19-25)34(36-28-14-7-6-13-27(28)35-29)24-11-8-12-26(17-24)40-21-22-9-4-3-5-10-22/h3-17,20,25,34-36H,18-19,21H2,1-2H3/t25-,34+/m1/s1. The molecule has 6 heteroatoms. The Balaban J connectivity index is 1.35. The number of ketones is 1. The largest absolute Gasteiger partial charge is 0.493 e. The molecular weight excluding hydrogens is 500 g/mol. The number of ether oxygens (including phenoxy) is 3. The second kappa shape index (κ2) is 11.2. The van der Waals surface area contributed by atoms with Gasteiger partial charge in [-0.05, 0) is 65.4 Å². The SMILES string of the molecule is COc1ccc([C@H]2CC(=O)C3=C(C2)Nc2ccccc2N[C@H]3c2cccc(OCc3ccccc3)c2)cc1OC. The first-order valence-electron chi connectivity index (χ1n) is 13.5. The van der Waals surface area contributed by atoms with Crippen LogP contribution in [0, 0.1) is 0 Å². The topological polar surface area (TPSA) is 68.8 Å². The van der Waals surface area contributed by atoms with Crippen molar-refractivity contribution in [2.45, 2.75) is 31.4 Å². The van der Waals surface area contributed by atoms with Crippen molar-refractivity contribution in [2.24, 2.45) is 0 Å². The highest BCUT2D eigenvalue weighted by Crippen LogP contribution is 2.45. The third kappa shape index (κ3) is 5.13. The van der Waals surface area contributed by atoms with Crippen LogP contribution in [-0.4, -0.2) is 20.0 Å². The maximum absolute atomic E-state index is 13.9. The van der Waals surface area contributed by atoms with Crippen LogP contribution in [0.25, 0.3) is 0 Å². The lowest BCUT2D eigenvalue weighted by molar-refractivity contribution is -0.116. The first kappa shape index (κ1) is 25.6. The van der Waals surface area contributed by atoms with Gasteiger partial charge >= 0.3 is 0 Å². The lowest BCUT2D eigenvalue weighted by atomic mass is 9.78. The third-order valence-corrected chi connectivity index (χ3v) is 7.63. The summed E-state index contributed by atoms with van der Waals surface area (Å²) in [6.45, 7) is 0.479. The molecule has 4 aromatic carbocycles. The van der Waals surface area contributed by atoms with E-state index in [1.54, 1.807) is 14.2 Å². The van der Waals surface area contributed by atoms with E-state index in [1.807, 2.05) is 91.0 Å².